The Kier molecular flexibility index (Phi) is 5.97. The molecular formula is C17H14F3NO3S. The number of carbonyl (C=O) groups is 2. The number of thiophene rings is 1. The second kappa shape index (κ2) is 7.98. The molecule has 1 heterocycles. The molecule has 0 saturated heterocycles. The van der Waals surface area contributed by atoms with Crippen LogP contribution >= 0.6 is 11.3 Å². The lowest BCUT2D eigenvalue weighted by molar-refractivity contribution is -0.137. The van der Waals surface area contributed by atoms with Crippen molar-refractivity contribution in [3.63, 3.8) is 0 Å². The van der Waals surface area contributed by atoms with Crippen molar-refractivity contribution >= 4 is 34.3 Å². The molecule has 0 saturated carbocycles. The van der Waals surface area contributed by atoms with Crippen LogP contribution in [0.4, 0.5) is 18.2 Å². The summed E-state index contributed by atoms with van der Waals surface area (Å²) in [5.41, 5.74) is -0.532. The molecule has 2 aromatic rings. The van der Waals surface area contributed by atoms with E-state index in [9.17, 15) is 22.8 Å². The Labute approximate surface area is 145 Å². The number of carbonyl (C=O) groups excluding carboxylic acids is 2. The third-order valence-corrected chi connectivity index (χ3v) is 3.95. The largest absolute Gasteiger partial charge is 0.462 e. The first-order valence-electron chi connectivity index (χ1n) is 7.23. The van der Waals surface area contributed by atoms with Crippen LogP contribution in [0, 0.1) is 0 Å². The lowest BCUT2D eigenvalue weighted by Gasteiger charge is -2.06. The molecule has 1 N–H and O–H groups in total. The molecule has 0 unspecified atom stereocenters. The Hall–Kier alpha value is -2.61. The van der Waals surface area contributed by atoms with Crippen LogP contribution in [-0.4, -0.2) is 18.5 Å². The van der Waals surface area contributed by atoms with E-state index in [0.29, 0.717) is 9.88 Å². The fourth-order valence-electron chi connectivity index (χ4n) is 1.87. The predicted molar refractivity (Wildman–Crippen MR) is 89.4 cm³/mol. The van der Waals surface area contributed by atoms with Gasteiger partial charge in [0.2, 0.25) is 5.91 Å². The monoisotopic (exact) mass is 369 g/mol. The summed E-state index contributed by atoms with van der Waals surface area (Å²) in [6.07, 6.45) is -2.03. The van der Waals surface area contributed by atoms with Gasteiger partial charge in [-0.25, -0.2) is 4.79 Å². The van der Waals surface area contributed by atoms with Crippen LogP contribution in [0.3, 0.4) is 0 Å². The van der Waals surface area contributed by atoms with Crippen molar-refractivity contribution in [2.24, 2.45) is 0 Å². The van der Waals surface area contributed by atoms with Crippen molar-refractivity contribution in [2.45, 2.75) is 13.1 Å². The SMILES string of the molecule is CCOC(=O)c1ccc(NC(=O)C=Cc2cccc(C(F)(F)F)c2)s1. The summed E-state index contributed by atoms with van der Waals surface area (Å²) >= 11 is 1.05. The second-order valence-electron chi connectivity index (χ2n) is 4.83. The molecule has 0 bridgehead atoms. The smallest absolute Gasteiger partial charge is 0.416 e. The zero-order valence-electron chi connectivity index (χ0n) is 13.1. The molecular weight excluding hydrogens is 355 g/mol. The van der Waals surface area contributed by atoms with Gasteiger partial charge in [0, 0.05) is 6.08 Å². The zero-order valence-corrected chi connectivity index (χ0v) is 13.9. The molecule has 0 aliphatic heterocycles. The molecule has 4 nitrogen and oxygen atoms in total. The number of anilines is 1. The lowest BCUT2D eigenvalue weighted by atomic mass is 10.1. The molecule has 1 aromatic carbocycles. The number of hydrogen-bond donors (Lipinski definition) is 1. The summed E-state index contributed by atoms with van der Waals surface area (Å²) in [6.45, 7) is 1.94. The summed E-state index contributed by atoms with van der Waals surface area (Å²) < 4.78 is 42.8. The first-order chi connectivity index (χ1) is 11.8. The minimum absolute atomic E-state index is 0.248. The fraction of sp³-hybridized carbons (Fsp3) is 0.176. The molecule has 0 spiro atoms. The number of ether oxygens (including phenoxy) is 1. The van der Waals surface area contributed by atoms with E-state index in [1.54, 1.807) is 13.0 Å². The Morgan fingerprint density at radius 3 is 2.68 bits per heavy atom. The van der Waals surface area contributed by atoms with Crippen molar-refractivity contribution in [1.82, 2.24) is 0 Å². The number of alkyl halides is 3. The third-order valence-electron chi connectivity index (χ3n) is 2.97. The first-order valence-corrected chi connectivity index (χ1v) is 8.04. The number of benzene rings is 1. The van der Waals surface area contributed by atoms with E-state index in [1.165, 1.54) is 24.3 Å². The van der Waals surface area contributed by atoms with E-state index in [-0.39, 0.29) is 12.2 Å². The van der Waals surface area contributed by atoms with Crippen LogP contribution in [0.25, 0.3) is 6.08 Å². The lowest BCUT2D eigenvalue weighted by Crippen LogP contribution is -2.06. The van der Waals surface area contributed by atoms with Gasteiger partial charge in [0.1, 0.15) is 4.88 Å². The number of amides is 1. The Balaban J connectivity index is 2.01. The van der Waals surface area contributed by atoms with E-state index in [1.807, 2.05) is 0 Å². The minimum Gasteiger partial charge on any atom is -0.462 e. The highest BCUT2D eigenvalue weighted by molar-refractivity contribution is 7.18. The maximum absolute atomic E-state index is 12.6. The van der Waals surface area contributed by atoms with Gasteiger partial charge >= 0.3 is 12.1 Å². The van der Waals surface area contributed by atoms with Gasteiger partial charge in [-0.1, -0.05) is 12.1 Å². The van der Waals surface area contributed by atoms with Gasteiger partial charge in [0.15, 0.2) is 0 Å². The number of esters is 1. The quantitative estimate of drug-likeness (QED) is 0.619. The van der Waals surface area contributed by atoms with Gasteiger partial charge in [-0.3, -0.25) is 4.79 Å². The van der Waals surface area contributed by atoms with Crippen LogP contribution < -0.4 is 5.32 Å². The van der Waals surface area contributed by atoms with E-state index < -0.39 is 23.6 Å². The Bertz CT molecular complexity index is 796. The molecule has 1 aromatic heterocycles. The topological polar surface area (TPSA) is 55.4 Å². The highest BCUT2D eigenvalue weighted by Crippen LogP contribution is 2.29. The Morgan fingerprint density at radius 1 is 1.24 bits per heavy atom. The molecule has 8 heteroatoms. The number of nitrogens with one attached hydrogen (secondary N) is 1. The van der Waals surface area contributed by atoms with Crippen molar-refractivity contribution in [1.29, 1.82) is 0 Å². The maximum Gasteiger partial charge on any atom is 0.416 e. The van der Waals surface area contributed by atoms with Crippen LogP contribution in [-0.2, 0) is 15.7 Å². The van der Waals surface area contributed by atoms with E-state index in [2.05, 4.69) is 5.32 Å². The summed E-state index contributed by atoms with van der Waals surface area (Å²) in [7, 11) is 0. The van der Waals surface area contributed by atoms with E-state index >= 15 is 0 Å². The van der Waals surface area contributed by atoms with Crippen molar-refractivity contribution in [3.8, 4) is 0 Å². The normalized spacial score (nSPS) is 11.5. The molecule has 25 heavy (non-hydrogen) atoms. The molecule has 2 rings (SSSR count). The molecule has 0 fully saturated rings. The number of halogens is 3. The number of rotatable bonds is 5. The third kappa shape index (κ3) is 5.46. The maximum atomic E-state index is 12.6. The second-order valence-corrected chi connectivity index (χ2v) is 5.91. The van der Waals surface area contributed by atoms with Gasteiger partial charge in [0.25, 0.3) is 0 Å². The van der Waals surface area contributed by atoms with Gasteiger partial charge in [-0.2, -0.15) is 13.2 Å². The Morgan fingerprint density at radius 2 is 2.00 bits per heavy atom. The van der Waals surface area contributed by atoms with Gasteiger partial charge < -0.3 is 10.1 Å². The zero-order chi connectivity index (χ0) is 18.4. The van der Waals surface area contributed by atoms with Crippen molar-refractivity contribution in [3.05, 3.63) is 58.5 Å². The summed E-state index contributed by atoms with van der Waals surface area (Å²) in [6, 6.07) is 7.71. The summed E-state index contributed by atoms with van der Waals surface area (Å²) in [5.74, 6) is -0.998. The molecule has 1 amide bonds. The summed E-state index contributed by atoms with van der Waals surface area (Å²) in [5, 5.41) is 2.97. The first kappa shape index (κ1) is 18.7. The standard InChI is InChI=1S/C17H14F3NO3S/c1-2-24-16(23)13-7-9-15(25-13)21-14(22)8-6-11-4-3-5-12(10-11)17(18,19)20/h3-10H,2H2,1H3,(H,21,22). The summed E-state index contributed by atoms with van der Waals surface area (Å²) in [4.78, 5) is 23.7. The molecule has 0 atom stereocenters. The van der Waals surface area contributed by atoms with Crippen molar-refractivity contribution in [2.75, 3.05) is 11.9 Å². The van der Waals surface area contributed by atoms with Crippen LogP contribution in [0.1, 0.15) is 27.7 Å². The highest BCUT2D eigenvalue weighted by Gasteiger charge is 2.30. The van der Waals surface area contributed by atoms with Crippen LogP contribution in [0.2, 0.25) is 0 Å². The molecule has 0 radical (unpaired) electrons. The average Bonchev–Trinajstić information content (AvgIpc) is 3.01. The van der Waals surface area contributed by atoms with Gasteiger partial charge in [0.05, 0.1) is 17.2 Å². The highest BCUT2D eigenvalue weighted by atomic mass is 32.1. The van der Waals surface area contributed by atoms with Gasteiger partial charge in [-0.05, 0) is 42.8 Å². The van der Waals surface area contributed by atoms with Gasteiger partial charge in [-0.15, -0.1) is 11.3 Å². The van der Waals surface area contributed by atoms with Crippen LogP contribution in [0.5, 0.6) is 0 Å². The molecule has 0 aliphatic carbocycles. The van der Waals surface area contributed by atoms with E-state index in [4.69, 9.17) is 4.74 Å². The van der Waals surface area contributed by atoms with Crippen LogP contribution in [0.15, 0.2) is 42.5 Å². The fourth-order valence-corrected chi connectivity index (χ4v) is 2.67. The predicted octanol–water partition coefficient (Wildman–Crippen LogP) is 4.60. The number of hydrogen-bond acceptors (Lipinski definition) is 4. The average molecular weight is 369 g/mol. The molecule has 132 valence electrons. The molecule has 0 aliphatic rings. The minimum atomic E-state index is -4.44. The van der Waals surface area contributed by atoms with E-state index in [0.717, 1.165) is 29.5 Å². The van der Waals surface area contributed by atoms with Crippen molar-refractivity contribution < 1.29 is 27.5 Å².